The molecule has 2 aromatic carbocycles. The van der Waals surface area contributed by atoms with Crippen LogP contribution in [0.2, 0.25) is 5.02 Å². The highest BCUT2D eigenvalue weighted by Gasteiger charge is 2.07. The van der Waals surface area contributed by atoms with Crippen LogP contribution in [0, 0.1) is 5.82 Å². The van der Waals surface area contributed by atoms with Crippen LogP contribution >= 0.6 is 11.6 Å². The lowest BCUT2D eigenvalue weighted by atomic mass is 10.1. The molecule has 122 valence electrons. The summed E-state index contributed by atoms with van der Waals surface area (Å²) in [5, 5.41) is 14.7. The van der Waals surface area contributed by atoms with Crippen molar-refractivity contribution in [2.75, 3.05) is 18.5 Å². The van der Waals surface area contributed by atoms with Gasteiger partial charge in [0.15, 0.2) is 0 Å². The van der Waals surface area contributed by atoms with E-state index in [-0.39, 0.29) is 37.8 Å². The van der Waals surface area contributed by atoms with E-state index in [2.05, 4.69) is 10.6 Å². The number of hydrogen-bond donors (Lipinski definition) is 3. The average Bonchev–Trinajstić information content (AvgIpc) is 2.54. The molecule has 0 spiro atoms. The van der Waals surface area contributed by atoms with Gasteiger partial charge < -0.3 is 15.7 Å². The third-order valence-electron chi connectivity index (χ3n) is 3.28. The highest BCUT2D eigenvalue weighted by Crippen LogP contribution is 2.20. The van der Waals surface area contributed by atoms with Crippen LogP contribution in [0.15, 0.2) is 42.5 Å². The number of amides is 1. The van der Waals surface area contributed by atoms with Gasteiger partial charge >= 0.3 is 0 Å². The Kier molecular flexibility index (Phi) is 6.38. The van der Waals surface area contributed by atoms with E-state index >= 15 is 0 Å². The first-order chi connectivity index (χ1) is 11.1. The molecule has 0 bridgehead atoms. The minimum Gasteiger partial charge on any atom is -0.395 e. The Balaban J connectivity index is 1.91. The summed E-state index contributed by atoms with van der Waals surface area (Å²) in [5.74, 6) is -0.486. The summed E-state index contributed by atoms with van der Waals surface area (Å²) in [6.45, 7) is 0.455. The molecule has 1 amide bonds. The lowest BCUT2D eigenvalue weighted by Gasteiger charge is -2.10. The quantitative estimate of drug-likeness (QED) is 0.728. The van der Waals surface area contributed by atoms with E-state index in [0.717, 1.165) is 11.3 Å². The number of hydrogen-bond acceptors (Lipinski definition) is 3. The van der Waals surface area contributed by atoms with Gasteiger partial charge in [-0.1, -0.05) is 29.8 Å². The molecule has 0 fully saturated rings. The van der Waals surface area contributed by atoms with Crippen LogP contribution in [0.1, 0.15) is 11.1 Å². The monoisotopic (exact) mass is 336 g/mol. The maximum Gasteiger partial charge on any atom is 0.224 e. The van der Waals surface area contributed by atoms with E-state index in [1.165, 1.54) is 6.07 Å². The van der Waals surface area contributed by atoms with E-state index < -0.39 is 0 Å². The summed E-state index contributed by atoms with van der Waals surface area (Å²) < 4.78 is 13.7. The Morgan fingerprint density at radius 1 is 1.17 bits per heavy atom. The molecule has 2 rings (SSSR count). The van der Waals surface area contributed by atoms with E-state index in [1.54, 1.807) is 12.1 Å². The molecule has 0 unspecified atom stereocenters. The van der Waals surface area contributed by atoms with Gasteiger partial charge in [0, 0.05) is 29.4 Å². The minimum atomic E-state index is -0.345. The Morgan fingerprint density at radius 2 is 1.91 bits per heavy atom. The first-order valence-electron chi connectivity index (χ1n) is 7.23. The van der Waals surface area contributed by atoms with Crippen LogP contribution in [0.25, 0.3) is 0 Å². The Labute approximate surface area is 139 Å². The van der Waals surface area contributed by atoms with Gasteiger partial charge in [-0.3, -0.25) is 4.79 Å². The molecular weight excluding hydrogens is 319 g/mol. The van der Waals surface area contributed by atoms with Crippen LogP contribution in [0.3, 0.4) is 0 Å². The first kappa shape index (κ1) is 17.2. The van der Waals surface area contributed by atoms with Gasteiger partial charge in [-0.15, -0.1) is 0 Å². The maximum atomic E-state index is 13.7. The standard InChI is InChI=1S/C17H18ClFN2O2/c18-15-2-1-3-16(19)14(15)11-21-13-6-4-12(5-7-13)10-17(23)20-8-9-22/h1-7,21-22H,8-11H2,(H,20,23). The summed E-state index contributed by atoms with van der Waals surface area (Å²) in [7, 11) is 0. The molecule has 0 saturated carbocycles. The molecule has 2 aromatic rings. The van der Waals surface area contributed by atoms with Crippen molar-refractivity contribution < 1.29 is 14.3 Å². The molecule has 0 aliphatic carbocycles. The first-order valence-corrected chi connectivity index (χ1v) is 7.61. The molecule has 3 N–H and O–H groups in total. The molecule has 6 heteroatoms. The van der Waals surface area contributed by atoms with Crippen molar-refractivity contribution >= 4 is 23.2 Å². The van der Waals surface area contributed by atoms with Gasteiger partial charge in [-0.2, -0.15) is 0 Å². The summed E-state index contributed by atoms with van der Waals surface area (Å²) in [5.41, 5.74) is 2.08. The third kappa shape index (κ3) is 5.23. The summed E-state index contributed by atoms with van der Waals surface area (Å²) in [6, 6.07) is 11.9. The van der Waals surface area contributed by atoms with E-state index in [0.29, 0.717) is 10.6 Å². The summed E-state index contributed by atoms with van der Waals surface area (Å²) in [4.78, 5) is 11.5. The number of anilines is 1. The van der Waals surface area contributed by atoms with Crippen molar-refractivity contribution in [3.63, 3.8) is 0 Å². The second-order valence-electron chi connectivity index (χ2n) is 5.00. The Hall–Kier alpha value is -2.11. The number of nitrogens with one attached hydrogen (secondary N) is 2. The zero-order valence-electron chi connectivity index (χ0n) is 12.5. The zero-order valence-corrected chi connectivity index (χ0v) is 13.2. The molecule has 0 atom stereocenters. The molecule has 0 aromatic heterocycles. The SMILES string of the molecule is O=C(Cc1ccc(NCc2c(F)cccc2Cl)cc1)NCCO. The fourth-order valence-electron chi connectivity index (χ4n) is 2.08. The van der Waals surface area contributed by atoms with Gasteiger partial charge in [-0.25, -0.2) is 4.39 Å². The van der Waals surface area contributed by atoms with Gasteiger partial charge in [0.2, 0.25) is 5.91 Å². The van der Waals surface area contributed by atoms with Crippen molar-refractivity contribution in [3.05, 3.63) is 64.4 Å². The summed E-state index contributed by atoms with van der Waals surface area (Å²) in [6.07, 6.45) is 0.249. The van der Waals surface area contributed by atoms with Gasteiger partial charge in [0.1, 0.15) is 5.82 Å². The topological polar surface area (TPSA) is 61.4 Å². The Morgan fingerprint density at radius 3 is 2.57 bits per heavy atom. The maximum absolute atomic E-state index is 13.7. The number of aliphatic hydroxyl groups is 1. The predicted molar refractivity (Wildman–Crippen MR) is 89.0 cm³/mol. The van der Waals surface area contributed by atoms with Crippen molar-refractivity contribution in [1.82, 2.24) is 5.32 Å². The largest absolute Gasteiger partial charge is 0.395 e. The molecule has 0 aliphatic rings. The van der Waals surface area contributed by atoms with E-state index in [9.17, 15) is 9.18 Å². The Bertz CT molecular complexity index is 642. The minimum absolute atomic E-state index is 0.0762. The van der Waals surface area contributed by atoms with Crippen molar-refractivity contribution in [3.8, 4) is 0 Å². The lowest BCUT2D eigenvalue weighted by molar-refractivity contribution is -0.120. The molecule has 4 nitrogen and oxygen atoms in total. The number of halogens is 2. The number of aliphatic hydroxyl groups excluding tert-OH is 1. The van der Waals surface area contributed by atoms with Gasteiger partial charge in [0.25, 0.3) is 0 Å². The van der Waals surface area contributed by atoms with Crippen LogP contribution in [0.5, 0.6) is 0 Å². The highest BCUT2D eigenvalue weighted by molar-refractivity contribution is 6.31. The fourth-order valence-corrected chi connectivity index (χ4v) is 2.31. The third-order valence-corrected chi connectivity index (χ3v) is 3.64. The predicted octanol–water partition coefficient (Wildman–Crippen LogP) is 2.74. The lowest BCUT2D eigenvalue weighted by Crippen LogP contribution is -2.27. The van der Waals surface area contributed by atoms with Gasteiger partial charge in [-0.05, 0) is 29.8 Å². The fraction of sp³-hybridized carbons (Fsp3) is 0.235. The molecule has 0 radical (unpaired) electrons. The van der Waals surface area contributed by atoms with Crippen LogP contribution in [-0.4, -0.2) is 24.2 Å². The summed E-state index contributed by atoms with van der Waals surface area (Å²) >= 11 is 5.98. The van der Waals surface area contributed by atoms with Gasteiger partial charge in [0.05, 0.1) is 13.0 Å². The second kappa shape index (κ2) is 8.50. The van der Waals surface area contributed by atoms with Crippen LogP contribution in [-0.2, 0) is 17.8 Å². The van der Waals surface area contributed by atoms with Crippen molar-refractivity contribution in [1.29, 1.82) is 0 Å². The molecule has 0 heterocycles. The van der Waals surface area contributed by atoms with E-state index in [1.807, 2.05) is 24.3 Å². The smallest absolute Gasteiger partial charge is 0.224 e. The van der Waals surface area contributed by atoms with Crippen molar-refractivity contribution in [2.45, 2.75) is 13.0 Å². The average molecular weight is 337 g/mol. The van der Waals surface area contributed by atoms with Crippen LogP contribution < -0.4 is 10.6 Å². The van der Waals surface area contributed by atoms with Crippen molar-refractivity contribution in [2.24, 2.45) is 0 Å². The van der Waals surface area contributed by atoms with Crippen LogP contribution in [0.4, 0.5) is 10.1 Å². The second-order valence-corrected chi connectivity index (χ2v) is 5.41. The highest BCUT2D eigenvalue weighted by atomic mass is 35.5. The molecule has 23 heavy (non-hydrogen) atoms. The van der Waals surface area contributed by atoms with E-state index in [4.69, 9.17) is 16.7 Å². The number of benzene rings is 2. The normalized spacial score (nSPS) is 10.4. The molecule has 0 saturated heterocycles. The number of carbonyl (C=O) groups is 1. The number of rotatable bonds is 7. The molecule has 0 aliphatic heterocycles. The number of carbonyl (C=O) groups excluding carboxylic acids is 1. The zero-order chi connectivity index (χ0) is 16.7. The molecular formula is C17H18ClFN2O2.